The van der Waals surface area contributed by atoms with Crippen molar-refractivity contribution in [2.24, 2.45) is 5.41 Å². The molecule has 0 spiro atoms. The Kier molecular flexibility index (Phi) is 2.30. The van der Waals surface area contributed by atoms with Crippen LogP contribution in [0, 0.1) is 5.41 Å². The first-order valence-electron chi connectivity index (χ1n) is 6.20. The van der Waals surface area contributed by atoms with E-state index in [0.29, 0.717) is 6.61 Å². The van der Waals surface area contributed by atoms with E-state index in [4.69, 9.17) is 0 Å². The molecule has 2 N–H and O–H groups in total. The third-order valence-electron chi connectivity index (χ3n) is 4.60. The highest BCUT2D eigenvalue weighted by Gasteiger charge is 2.67. The summed E-state index contributed by atoms with van der Waals surface area (Å²) in [6.45, 7) is 2.46. The maximum Gasteiger partial charge on any atom is 0.0496 e. The van der Waals surface area contributed by atoms with Crippen LogP contribution in [0.3, 0.4) is 0 Å². The van der Waals surface area contributed by atoms with Crippen molar-refractivity contribution in [2.45, 2.75) is 24.7 Å². The molecule has 2 heteroatoms. The lowest BCUT2D eigenvalue weighted by Gasteiger charge is -2.22. The van der Waals surface area contributed by atoms with Gasteiger partial charge in [0.25, 0.3) is 0 Å². The summed E-state index contributed by atoms with van der Waals surface area (Å²) in [5.74, 6) is 0. The van der Waals surface area contributed by atoms with Crippen LogP contribution in [0.15, 0.2) is 30.3 Å². The number of aliphatic hydroxyl groups excluding tert-OH is 1. The summed E-state index contributed by atoms with van der Waals surface area (Å²) in [5.41, 5.74) is 1.77. The van der Waals surface area contributed by atoms with Crippen LogP contribution in [-0.4, -0.2) is 24.8 Å². The molecule has 2 aliphatic rings. The maximum absolute atomic E-state index is 9.72. The number of hydrogen-bond donors (Lipinski definition) is 2. The SMILES string of the molecule is OC[C@]12CCCNC[C@@]1(c1ccccc1)C2. The zero-order chi connectivity index (χ0) is 11.1. The summed E-state index contributed by atoms with van der Waals surface area (Å²) < 4.78 is 0. The topological polar surface area (TPSA) is 32.3 Å². The molecule has 1 aromatic rings. The van der Waals surface area contributed by atoms with Gasteiger partial charge in [0, 0.05) is 24.0 Å². The Bertz CT molecular complexity index is 374. The smallest absolute Gasteiger partial charge is 0.0496 e. The second kappa shape index (κ2) is 3.57. The molecule has 0 bridgehead atoms. The Labute approximate surface area is 96.7 Å². The Hall–Kier alpha value is -0.860. The zero-order valence-electron chi connectivity index (χ0n) is 9.58. The standard InChI is InChI=1S/C14H19NO/c16-11-13-7-4-8-15-10-14(13,9-13)12-5-2-1-3-6-12/h1-3,5-6,15-16H,4,7-11H2/t13-,14-/m1/s1. The van der Waals surface area contributed by atoms with Gasteiger partial charge < -0.3 is 10.4 Å². The van der Waals surface area contributed by atoms with Gasteiger partial charge in [0.15, 0.2) is 0 Å². The number of aliphatic hydroxyl groups is 1. The monoisotopic (exact) mass is 217 g/mol. The Morgan fingerprint density at radius 2 is 2.06 bits per heavy atom. The number of benzene rings is 1. The lowest BCUT2D eigenvalue weighted by molar-refractivity contribution is 0.185. The van der Waals surface area contributed by atoms with Gasteiger partial charge in [-0.15, -0.1) is 0 Å². The highest BCUT2D eigenvalue weighted by Crippen LogP contribution is 2.67. The second-order valence-corrected chi connectivity index (χ2v) is 5.34. The van der Waals surface area contributed by atoms with E-state index >= 15 is 0 Å². The van der Waals surface area contributed by atoms with Crippen molar-refractivity contribution >= 4 is 0 Å². The maximum atomic E-state index is 9.72. The second-order valence-electron chi connectivity index (χ2n) is 5.34. The molecule has 1 saturated heterocycles. The van der Waals surface area contributed by atoms with Gasteiger partial charge in [0.05, 0.1) is 0 Å². The number of rotatable bonds is 2. The summed E-state index contributed by atoms with van der Waals surface area (Å²) in [4.78, 5) is 0. The van der Waals surface area contributed by atoms with E-state index in [1.165, 1.54) is 12.0 Å². The van der Waals surface area contributed by atoms with Gasteiger partial charge in [-0.25, -0.2) is 0 Å². The predicted octanol–water partition coefficient (Wildman–Crippen LogP) is 1.69. The van der Waals surface area contributed by atoms with Crippen molar-refractivity contribution in [1.82, 2.24) is 5.32 Å². The van der Waals surface area contributed by atoms with Gasteiger partial charge in [-0.05, 0) is 31.4 Å². The average molecular weight is 217 g/mol. The van der Waals surface area contributed by atoms with Crippen molar-refractivity contribution in [3.05, 3.63) is 35.9 Å². The fraction of sp³-hybridized carbons (Fsp3) is 0.571. The van der Waals surface area contributed by atoms with E-state index in [2.05, 4.69) is 35.6 Å². The molecule has 1 saturated carbocycles. The van der Waals surface area contributed by atoms with E-state index < -0.39 is 0 Å². The van der Waals surface area contributed by atoms with Crippen LogP contribution in [0.5, 0.6) is 0 Å². The van der Waals surface area contributed by atoms with Crippen molar-refractivity contribution in [1.29, 1.82) is 0 Å². The van der Waals surface area contributed by atoms with Gasteiger partial charge in [0.1, 0.15) is 0 Å². The fourth-order valence-electron chi connectivity index (χ4n) is 3.52. The first kappa shape index (κ1) is 10.3. The van der Waals surface area contributed by atoms with Gasteiger partial charge in [-0.2, -0.15) is 0 Å². The molecule has 0 radical (unpaired) electrons. The molecule has 2 atom stereocenters. The molecule has 16 heavy (non-hydrogen) atoms. The van der Waals surface area contributed by atoms with Crippen LogP contribution < -0.4 is 5.32 Å². The van der Waals surface area contributed by atoms with E-state index in [1.807, 2.05) is 0 Å². The Morgan fingerprint density at radius 1 is 1.25 bits per heavy atom. The number of hydrogen-bond acceptors (Lipinski definition) is 2. The predicted molar refractivity (Wildman–Crippen MR) is 64.4 cm³/mol. The molecular weight excluding hydrogens is 198 g/mol. The zero-order valence-corrected chi connectivity index (χ0v) is 9.58. The van der Waals surface area contributed by atoms with E-state index in [1.54, 1.807) is 0 Å². The highest BCUT2D eigenvalue weighted by atomic mass is 16.3. The minimum atomic E-state index is 0.165. The summed E-state index contributed by atoms with van der Waals surface area (Å²) in [6.07, 6.45) is 3.49. The van der Waals surface area contributed by atoms with E-state index in [0.717, 1.165) is 25.9 Å². The van der Waals surface area contributed by atoms with Crippen molar-refractivity contribution in [3.63, 3.8) is 0 Å². The van der Waals surface area contributed by atoms with Gasteiger partial charge in [-0.3, -0.25) is 0 Å². The number of fused-ring (bicyclic) bond motifs is 1. The van der Waals surface area contributed by atoms with Gasteiger partial charge in [-0.1, -0.05) is 30.3 Å². The quantitative estimate of drug-likeness (QED) is 0.790. The highest BCUT2D eigenvalue weighted by molar-refractivity contribution is 5.39. The molecule has 1 heterocycles. The fourth-order valence-corrected chi connectivity index (χ4v) is 3.52. The molecular formula is C14H19NO. The number of nitrogens with one attached hydrogen (secondary N) is 1. The van der Waals surface area contributed by atoms with Gasteiger partial charge >= 0.3 is 0 Å². The van der Waals surface area contributed by atoms with E-state index in [9.17, 15) is 5.11 Å². The normalized spacial score (nSPS) is 37.6. The average Bonchev–Trinajstić information content (AvgIpc) is 3.00. The van der Waals surface area contributed by atoms with Crippen molar-refractivity contribution in [3.8, 4) is 0 Å². The molecule has 0 aromatic heterocycles. The van der Waals surface area contributed by atoms with Crippen molar-refractivity contribution in [2.75, 3.05) is 19.7 Å². The molecule has 1 aliphatic carbocycles. The van der Waals surface area contributed by atoms with Crippen LogP contribution in [0.2, 0.25) is 0 Å². The third-order valence-corrected chi connectivity index (χ3v) is 4.60. The molecule has 2 nitrogen and oxygen atoms in total. The van der Waals surface area contributed by atoms with Crippen LogP contribution in [0.1, 0.15) is 24.8 Å². The van der Waals surface area contributed by atoms with Crippen LogP contribution in [0.25, 0.3) is 0 Å². The minimum absolute atomic E-state index is 0.165. The molecule has 1 aliphatic heterocycles. The van der Waals surface area contributed by atoms with Crippen LogP contribution in [-0.2, 0) is 5.41 Å². The molecule has 1 aromatic carbocycles. The van der Waals surface area contributed by atoms with Crippen LogP contribution >= 0.6 is 0 Å². The van der Waals surface area contributed by atoms with Gasteiger partial charge in [0.2, 0.25) is 0 Å². The van der Waals surface area contributed by atoms with Crippen molar-refractivity contribution < 1.29 is 5.11 Å². The molecule has 3 rings (SSSR count). The molecule has 0 amide bonds. The summed E-state index contributed by atoms with van der Waals surface area (Å²) in [7, 11) is 0. The third kappa shape index (κ3) is 1.26. The molecule has 2 fully saturated rings. The Balaban J connectivity index is 1.98. The molecule has 86 valence electrons. The minimum Gasteiger partial charge on any atom is -0.396 e. The van der Waals surface area contributed by atoms with E-state index in [-0.39, 0.29) is 10.8 Å². The lowest BCUT2D eigenvalue weighted by atomic mass is 9.84. The first-order valence-corrected chi connectivity index (χ1v) is 6.20. The Morgan fingerprint density at radius 3 is 2.81 bits per heavy atom. The van der Waals surface area contributed by atoms with Crippen LogP contribution in [0.4, 0.5) is 0 Å². The lowest BCUT2D eigenvalue weighted by Crippen LogP contribution is -2.30. The largest absolute Gasteiger partial charge is 0.396 e. The summed E-state index contributed by atoms with van der Waals surface area (Å²) in [5, 5.41) is 13.2. The summed E-state index contributed by atoms with van der Waals surface area (Å²) in [6, 6.07) is 10.7. The first-order chi connectivity index (χ1) is 7.83. The molecule has 0 unspecified atom stereocenters. The summed E-state index contributed by atoms with van der Waals surface area (Å²) >= 11 is 0.